The van der Waals surface area contributed by atoms with Gasteiger partial charge in [0.15, 0.2) is 5.82 Å². The zero-order chi connectivity index (χ0) is 11.0. The molecule has 0 bridgehead atoms. The van der Waals surface area contributed by atoms with Crippen LogP contribution in [0.3, 0.4) is 0 Å². The van der Waals surface area contributed by atoms with Crippen molar-refractivity contribution in [1.29, 1.82) is 0 Å². The van der Waals surface area contributed by atoms with E-state index in [2.05, 4.69) is 20.3 Å². The van der Waals surface area contributed by atoms with Crippen LogP contribution in [-0.2, 0) is 20.0 Å². The molecule has 0 spiro atoms. The van der Waals surface area contributed by atoms with Crippen molar-refractivity contribution in [3.63, 3.8) is 0 Å². The van der Waals surface area contributed by atoms with E-state index < -0.39 is 0 Å². The molecule has 16 heavy (non-hydrogen) atoms. The van der Waals surface area contributed by atoms with Crippen LogP contribution in [0.25, 0.3) is 11.5 Å². The molecule has 5 nitrogen and oxygen atoms in total. The summed E-state index contributed by atoms with van der Waals surface area (Å²) in [6.07, 6.45) is 6.45. The first-order valence-corrected chi connectivity index (χ1v) is 5.37. The smallest absolute Gasteiger partial charge is 0.178 e. The molecule has 2 aromatic rings. The van der Waals surface area contributed by atoms with Crippen molar-refractivity contribution in [3.8, 4) is 11.5 Å². The molecule has 0 radical (unpaired) electrons. The molecule has 5 heteroatoms. The molecule has 2 aromatic heterocycles. The minimum atomic E-state index is 0.764. The Hall–Kier alpha value is -1.75. The van der Waals surface area contributed by atoms with Crippen molar-refractivity contribution < 1.29 is 0 Å². The Kier molecular flexibility index (Phi) is 2.18. The van der Waals surface area contributed by atoms with Gasteiger partial charge < -0.3 is 9.88 Å². The van der Waals surface area contributed by atoms with E-state index in [4.69, 9.17) is 0 Å². The number of nitrogens with one attached hydrogen (secondary N) is 1. The van der Waals surface area contributed by atoms with E-state index in [1.54, 1.807) is 12.5 Å². The summed E-state index contributed by atoms with van der Waals surface area (Å²) in [5.41, 5.74) is 3.32. The number of rotatable bonds is 1. The summed E-state index contributed by atoms with van der Waals surface area (Å²) in [6.45, 7) is 1.87. The fourth-order valence-corrected chi connectivity index (χ4v) is 1.93. The predicted octanol–water partition coefficient (Wildman–Crippen LogP) is 0.523. The van der Waals surface area contributed by atoms with Crippen LogP contribution in [0.4, 0.5) is 0 Å². The van der Waals surface area contributed by atoms with E-state index in [9.17, 15) is 0 Å². The van der Waals surface area contributed by atoms with Gasteiger partial charge in [0, 0.05) is 38.3 Å². The van der Waals surface area contributed by atoms with E-state index in [0.29, 0.717) is 0 Å². The summed E-state index contributed by atoms with van der Waals surface area (Å²) < 4.78 is 1.93. The molecular formula is C11H13N5. The second-order valence-corrected chi connectivity index (χ2v) is 3.98. The van der Waals surface area contributed by atoms with Gasteiger partial charge in [-0.1, -0.05) is 0 Å². The maximum atomic E-state index is 4.60. The van der Waals surface area contributed by atoms with Crippen LogP contribution < -0.4 is 5.32 Å². The zero-order valence-electron chi connectivity index (χ0n) is 9.14. The Morgan fingerprint density at radius 1 is 1.38 bits per heavy atom. The molecule has 0 amide bonds. The molecule has 0 unspecified atom stereocenters. The molecule has 0 aromatic carbocycles. The Balaban J connectivity index is 2.06. The number of hydrogen-bond acceptors (Lipinski definition) is 4. The van der Waals surface area contributed by atoms with Gasteiger partial charge in [0.05, 0.1) is 18.2 Å². The zero-order valence-corrected chi connectivity index (χ0v) is 9.14. The average Bonchev–Trinajstić information content (AvgIpc) is 2.75. The van der Waals surface area contributed by atoms with Gasteiger partial charge in [0.2, 0.25) is 0 Å². The monoisotopic (exact) mass is 215 g/mol. The fraction of sp³-hybridized carbons (Fsp3) is 0.364. The Morgan fingerprint density at radius 3 is 3.12 bits per heavy atom. The first-order valence-electron chi connectivity index (χ1n) is 5.37. The van der Waals surface area contributed by atoms with Crippen LogP contribution in [0.1, 0.15) is 11.3 Å². The molecule has 3 rings (SSSR count). The molecule has 1 aliphatic rings. The predicted molar refractivity (Wildman–Crippen MR) is 59.6 cm³/mol. The van der Waals surface area contributed by atoms with Gasteiger partial charge in [0.1, 0.15) is 5.69 Å². The van der Waals surface area contributed by atoms with Gasteiger partial charge in [-0.15, -0.1) is 0 Å². The minimum Gasteiger partial charge on any atom is -0.331 e. The number of aromatic nitrogens is 4. The van der Waals surface area contributed by atoms with Crippen molar-refractivity contribution in [2.75, 3.05) is 6.54 Å². The van der Waals surface area contributed by atoms with E-state index in [1.807, 2.05) is 17.8 Å². The topological polar surface area (TPSA) is 55.6 Å². The van der Waals surface area contributed by atoms with Gasteiger partial charge in [-0.3, -0.25) is 0 Å². The molecule has 1 aliphatic heterocycles. The van der Waals surface area contributed by atoms with Crippen LogP contribution >= 0.6 is 0 Å². The van der Waals surface area contributed by atoms with Crippen LogP contribution in [0.5, 0.6) is 0 Å². The van der Waals surface area contributed by atoms with Gasteiger partial charge in [-0.2, -0.15) is 0 Å². The average molecular weight is 215 g/mol. The van der Waals surface area contributed by atoms with Crippen molar-refractivity contribution in [3.05, 3.63) is 30.0 Å². The number of aryl methyl sites for hydroxylation is 1. The molecule has 0 atom stereocenters. The summed E-state index contributed by atoms with van der Waals surface area (Å²) in [5, 5.41) is 3.31. The van der Waals surface area contributed by atoms with Gasteiger partial charge in [0.25, 0.3) is 0 Å². The Labute approximate surface area is 93.6 Å². The van der Waals surface area contributed by atoms with Crippen LogP contribution in [0.2, 0.25) is 0 Å². The molecule has 82 valence electrons. The van der Waals surface area contributed by atoms with Crippen molar-refractivity contribution in [1.82, 2.24) is 24.8 Å². The Morgan fingerprint density at radius 2 is 2.31 bits per heavy atom. The lowest BCUT2D eigenvalue weighted by atomic mass is 10.1. The maximum absolute atomic E-state index is 4.60. The van der Waals surface area contributed by atoms with E-state index >= 15 is 0 Å². The molecule has 1 N–H and O–H groups in total. The van der Waals surface area contributed by atoms with Crippen LogP contribution in [0.15, 0.2) is 18.7 Å². The highest BCUT2D eigenvalue weighted by atomic mass is 15.1. The maximum Gasteiger partial charge on any atom is 0.178 e. The van der Waals surface area contributed by atoms with E-state index in [1.165, 1.54) is 5.56 Å². The highest BCUT2D eigenvalue weighted by Crippen LogP contribution is 2.17. The van der Waals surface area contributed by atoms with Gasteiger partial charge in [-0.05, 0) is 0 Å². The standard InChI is InChI=1S/C11H13N5/c1-16-7-13-6-10(16)11-14-5-8-4-12-3-2-9(8)15-11/h5-7,12H,2-4H2,1H3. The van der Waals surface area contributed by atoms with Crippen molar-refractivity contribution >= 4 is 0 Å². The summed E-state index contributed by atoms with van der Waals surface area (Å²) in [5.74, 6) is 0.764. The third kappa shape index (κ3) is 1.49. The number of nitrogens with zero attached hydrogens (tertiary/aromatic N) is 4. The molecule has 0 aliphatic carbocycles. The second kappa shape index (κ2) is 3.68. The van der Waals surface area contributed by atoms with E-state index in [0.717, 1.165) is 36.7 Å². The summed E-state index contributed by atoms with van der Waals surface area (Å²) in [4.78, 5) is 13.1. The number of fused-ring (bicyclic) bond motifs is 1. The van der Waals surface area contributed by atoms with Gasteiger partial charge in [-0.25, -0.2) is 15.0 Å². The third-order valence-electron chi connectivity index (χ3n) is 2.85. The van der Waals surface area contributed by atoms with Crippen LogP contribution in [0, 0.1) is 0 Å². The second-order valence-electron chi connectivity index (χ2n) is 3.98. The van der Waals surface area contributed by atoms with Crippen molar-refractivity contribution in [2.24, 2.45) is 7.05 Å². The Bertz CT molecular complexity index is 517. The summed E-state index contributed by atoms with van der Waals surface area (Å²) >= 11 is 0. The highest BCUT2D eigenvalue weighted by Gasteiger charge is 2.13. The molecule has 3 heterocycles. The lowest BCUT2D eigenvalue weighted by Gasteiger charge is -2.15. The SMILES string of the molecule is Cn1cncc1-c1ncc2c(n1)CCNC2. The summed E-state index contributed by atoms with van der Waals surface area (Å²) in [7, 11) is 1.95. The third-order valence-corrected chi connectivity index (χ3v) is 2.85. The first kappa shape index (κ1) is 9.47. The number of imidazole rings is 1. The fourth-order valence-electron chi connectivity index (χ4n) is 1.93. The van der Waals surface area contributed by atoms with Gasteiger partial charge >= 0.3 is 0 Å². The molecule has 0 saturated heterocycles. The molecule has 0 saturated carbocycles. The largest absolute Gasteiger partial charge is 0.331 e. The number of hydrogen-bond donors (Lipinski definition) is 1. The molecular weight excluding hydrogens is 202 g/mol. The quantitative estimate of drug-likeness (QED) is 0.753. The van der Waals surface area contributed by atoms with Crippen molar-refractivity contribution in [2.45, 2.75) is 13.0 Å². The van der Waals surface area contributed by atoms with E-state index in [-0.39, 0.29) is 0 Å². The summed E-state index contributed by atoms with van der Waals surface area (Å²) in [6, 6.07) is 0. The van der Waals surface area contributed by atoms with Crippen LogP contribution in [-0.4, -0.2) is 26.1 Å². The lowest BCUT2D eigenvalue weighted by Crippen LogP contribution is -2.25. The first-order chi connectivity index (χ1) is 7.84. The normalized spacial score (nSPS) is 14.8. The lowest BCUT2D eigenvalue weighted by molar-refractivity contribution is 0.626. The molecule has 0 fully saturated rings. The highest BCUT2D eigenvalue weighted by molar-refractivity contribution is 5.49. The minimum absolute atomic E-state index is 0.764.